The van der Waals surface area contributed by atoms with E-state index in [0.29, 0.717) is 19.1 Å². The fraction of sp³-hybridized carbons (Fsp3) is 0.429. The van der Waals surface area contributed by atoms with Crippen molar-refractivity contribution in [2.45, 2.75) is 19.6 Å². The van der Waals surface area contributed by atoms with E-state index in [9.17, 15) is 0 Å². The van der Waals surface area contributed by atoms with Gasteiger partial charge in [-0.15, -0.1) is 6.58 Å². The first-order valence-corrected chi connectivity index (χ1v) is 5.55. The van der Waals surface area contributed by atoms with Crippen LogP contribution in [0.3, 0.4) is 0 Å². The molecule has 1 aromatic rings. The third-order valence-corrected chi connectivity index (χ3v) is 2.65. The van der Waals surface area contributed by atoms with Crippen LogP contribution in [0.5, 0.6) is 0 Å². The lowest BCUT2D eigenvalue weighted by molar-refractivity contribution is -0.0149. The lowest BCUT2D eigenvalue weighted by Gasteiger charge is -2.19. The maximum Gasteiger partial charge on any atom is 0.0864 e. The molecule has 0 radical (unpaired) electrons. The Kier molecular flexibility index (Phi) is 5.83. The van der Waals surface area contributed by atoms with E-state index in [1.165, 1.54) is 5.56 Å². The predicted octanol–water partition coefficient (Wildman–Crippen LogP) is 3.04. The van der Waals surface area contributed by atoms with Crippen LogP contribution in [-0.4, -0.2) is 19.8 Å². The molecule has 1 aromatic carbocycles. The largest absolute Gasteiger partial charge is 0.378 e. The van der Waals surface area contributed by atoms with Gasteiger partial charge in [-0.25, -0.2) is 0 Å². The number of benzene rings is 1. The molecule has 0 saturated heterocycles. The first-order chi connectivity index (χ1) is 7.77. The summed E-state index contributed by atoms with van der Waals surface area (Å²) < 4.78 is 11.0. The van der Waals surface area contributed by atoms with Crippen LogP contribution in [0.2, 0.25) is 0 Å². The zero-order valence-electron chi connectivity index (χ0n) is 10.1. The zero-order valence-corrected chi connectivity index (χ0v) is 10.1. The Hall–Kier alpha value is -1.12. The molecule has 0 aliphatic carbocycles. The van der Waals surface area contributed by atoms with Gasteiger partial charge in [0.1, 0.15) is 0 Å². The smallest absolute Gasteiger partial charge is 0.0864 e. The first kappa shape index (κ1) is 12.9. The average Bonchev–Trinajstić information content (AvgIpc) is 2.35. The van der Waals surface area contributed by atoms with E-state index in [0.717, 1.165) is 0 Å². The fourth-order valence-electron chi connectivity index (χ4n) is 1.45. The number of hydrogen-bond donors (Lipinski definition) is 0. The molecule has 2 atom stereocenters. The molecule has 0 saturated carbocycles. The number of hydrogen-bond acceptors (Lipinski definition) is 2. The first-order valence-electron chi connectivity index (χ1n) is 5.55. The van der Waals surface area contributed by atoms with Gasteiger partial charge in [-0.3, -0.25) is 0 Å². The predicted molar refractivity (Wildman–Crippen MR) is 66.3 cm³/mol. The summed E-state index contributed by atoms with van der Waals surface area (Å²) in [5.74, 6) is 0.306. The van der Waals surface area contributed by atoms with Crippen molar-refractivity contribution >= 4 is 0 Å². The summed E-state index contributed by atoms with van der Waals surface area (Å²) in [6, 6.07) is 10.1. The van der Waals surface area contributed by atoms with E-state index >= 15 is 0 Å². The van der Waals surface area contributed by atoms with Gasteiger partial charge in [0.2, 0.25) is 0 Å². The molecule has 0 amide bonds. The van der Waals surface area contributed by atoms with Gasteiger partial charge in [-0.1, -0.05) is 43.3 Å². The third-order valence-electron chi connectivity index (χ3n) is 2.65. The summed E-state index contributed by atoms with van der Waals surface area (Å²) in [7, 11) is 1.70. The van der Waals surface area contributed by atoms with Gasteiger partial charge in [-0.2, -0.15) is 0 Å². The van der Waals surface area contributed by atoms with Crippen molar-refractivity contribution in [1.29, 1.82) is 0 Å². The molecule has 0 fully saturated rings. The summed E-state index contributed by atoms with van der Waals surface area (Å²) in [6.07, 6.45) is 1.97. The Morgan fingerprint density at radius 2 is 2.00 bits per heavy atom. The molecule has 1 rings (SSSR count). The highest BCUT2D eigenvalue weighted by atomic mass is 16.5. The van der Waals surface area contributed by atoms with Gasteiger partial charge < -0.3 is 9.47 Å². The Labute approximate surface area is 97.9 Å². The van der Waals surface area contributed by atoms with Gasteiger partial charge in [0.25, 0.3) is 0 Å². The second kappa shape index (κ2) is 7.20. The van der Waals surface area contributed by atoms with E-state index in [4.69, 9.17) is 9.47 Å². The van der Waals surface area contributed by atoms with Crippen molar-refractivity contribution in [2.75, 3.05) is 13.7 Å². The second-order valence-electron chi connectivity index (χ2n) is 3.87. The van der Waals surface area contributed by atoms with Gasteiger partial charge in [0.15, 0.2) is 0 Å². The molecular formula is C14H20O2. The molecular weight excluding hydrogens is 200 g/mol. The highest BCUT2D eigenvalue weighted by Crippen LogP contribution is 2.09. The molecule has 16 heavy (non-hydrogen) atoms. The van der Waals surface area contributed by atoms with Gasteiger partial charge in [0.05, 0.1) is 19.3 Å². The lowest BCUT2D eigenvalue weighted by Crippen LogP contribution is -2.24. The maximum absolute atomic E-state index is 5.62. The second-order valence-corrected chi connectivity index (χ2v) is 3.87. The molecule has 0 spiro atoms. The number of methoxy groups -OCH3 is 1. The molecule has 88 valence electrons. The van der Waals surface area contributed by atoms with Crippen molar-refractivity contribution in [1.82, 2.24) is 0 Å². The Morgan fingerprint density at radius 3 is 2.56 bits per heavy atom. The Balaban J connectivity index is 2.31. The normalized spacial score (nSPS) is 14.4. The SMILES string of the molecule is C=CC(C)C(COCc1ccccc1)OC. The minimum absolute atomic E-state index is 0.0845. The van der Waals surface area contributed by atoms with E-state index in [1.807, 2.05) is 24.3 Å². The van der Waals surface area contributed by atoms with Crippen LogP contribution >= 0.6 is 0 Å². The molecule has 0 aliphatic rings. The average molecular weight is 220 g/mol. The molecule has 0 bridgehead atoms. The van der Waals surface area contributed by atoms with E-state index < -0.39 is 0 Å². The Bertz CT molecular complexity index is 295. The van der Waals surface area contributed by atoms with Gasteiger partial charge in [-0.05, 0) is 5.56 Å². The van der Waals surface area contributed by atoms with Crippen LogP contribution < -0.4 is 0 Å². The van der Waals surface area contributed by atoms with Crippen LogP contribution in [0.25, 0.3) is 0 Å². The van der Waals surface area contributed by atoms with E-state index in [1.54, 1.807) is 7.11 Å². The topological polar surface area (TPSA) is 18.5 Å². The van der Waals surface area contributed by atoms with Crippen LogP contribution in [0.1, 0.15) is 12.5 Å². The van der Waals surface area contributed by atoms with Crippen LogP contribution in [-0.2, 0) is 16.1 Å². The molecule has 2 unspecified atom stereocenters. The Morgan fingerprint density at radius 1 is 1.31 bits per heavy atom. The summed E-state index contributed by atoms with van der Waals surface area (Å²) in [4.78, 5) is 0. The molecule has 2 nitrogen and oxygen atoms in total. The summed E-state index contributed by atoms with van der Waals surface area (Å²) in [6.45, 7) is 7.06. The van der Waals surface area contributed by atoms with Gasteiger partial charge >= 0.3 is 0 Å². The van der Waals surface area contributed by atoms with Crippen molar-refractivity contribution in [3.63, 3.8) is 0 Å². The van der Waals surface area contributed by atoms with Crippen LogP contribution in [0.15, 0.2) is 43.0 Å². The zero-order chi connectivity index (χ0) is 11.8. The van der Waals surface area contributed by atoms with Crippen molar-refractivity contribution in [2.24, 2.45) is 5.92 Å². The minimum atomic E-state index is 0.0845. The summed E-state index contributed by atoms with van der Waals surface area (Å²) >= 11 is 0. The quantitative estimate of drug-likeness (QED) is 0.657. The highest BCUT2D eigenvalue weighted by molar-refractivity contribution is 5.13. The minimum Gasteiger partial charge on any atom is -0.378 e. The highest BCUT2D eigenvalue weighted by Gasteiger charge is 2.13. The van der Waals surface area contributed by atoms with E-state index in [2.05, 4.69) is 25.6 Å². The van der Waals surface area contributed by atoms with E-state index in [-0.39, 0.29) is 6.10 Å². The molecule has 2 heteroatoms. The summed E-state index contributed by atoms with van der Waals surface area (Å²) in [5, 5.41) is 0. The molecule has 0 heterocycles. The van der Waals surface area contributed by atoms with Crippen LogP contribution in [0, 0.1) is 5.92 Å². The van der Waals surface area contributed by atoms with Crippen molar-refractivity contribution in [3.8, 4) is 0 Å². The standard InChI is InChI=1S/C14H20O2/c1-4-12(2)14(15-3)11-16-10-13-8-6-5-7-9-13/h4-9,12,14H,1,10-11H2,2-3H3. The van der Waals surface area contributed by atoms with Crippen LogP contribution in [0.4, 0.5) is 0 Å². The molecule has 0 aliphatic heterocycles. The monoisotopic (exact) mass is 220 g/mol. The third kappa shape index (κ3) is 4.17. The van der Waals surface area contributed by atoms with Crippen molar-refractivity contribution < 1.29 is 9.47 Å². The summed E-state index contributed by atoms with van der Waals surface area (Å²) in [5.41, 5.74) is 1.18. The number of rotatable bonds is 7. The lowest BCUT2D eigenvalue weighted by atomic mass is 10.1. The van der Waals surface area contributed by atoms with Gasteiger partial charge in [0, 0.05) is 13.0 Å². The maximum atomic E-state index is 5.62. The molecule has 0 N–H and O–H groups in total. The fourth-order valence-corrected chi connectivity index (χ4v) is 1.45. The number of ether oxygens (including phenoxy) is 2. The van der Waals surface area contributed by atoms with Crippen molar-refractivity contribution in [3.05, 3.63) is 48.6 Å². The molecule has 0 aromatic heterocycles.